The number of amides is 3. The third-order valence-corrected chi connectivity index (χ3v) is 6.69. The Kier molecular flexibility index (Phi) is 11.2. The van der Waals surface area contributed by atoms with Gasteiger partial charge in [-0.05, 0) is 67.9 Å². The second-order valence-corrected chi connectivity index (χ2v) is 10.5. The fourth-order valence-electron chi connectivity index (χ4n) is 4.36. The number of carboxylic acid groups (broad SMARTS) is 1. The van der Waals surface area contributed by atoms with E-state index in [-0.39, 0.29) is 29.0 Å². The van der Waals surface area contributed by atoms with Crippen LogP contribution < -0.4 is 16.2 Å². The molecule has 12 nitrogen and oxygen atoms in total. The number of aliphatic carboxylic acids is 1. The van der Waals surface area contributed by atoms with Crippen molar-refractivity contribution in [2.45, 2.75) is 32.5 Å². The number of hydrogen-bond donors (Lipinski definition) is 4. The summed E-state index contributed by atoms with van der Waals surface area (Å²) in [5.41, 5.74) is 6.89. The Morgan fingerprint density at radius 3 is 1.72 bits per heavy atom. The first-order chi connectivity index (χ1) is 22.5. The zero-order chi connectivity index (χ0) is 33.9. The predicted octanol–water partition coefficient (Wildman–Crippen LogP) is 3.78. The first-order valence-corrected chi connectivity index (χ1v) is 14.3. The van der Waals surface area contributed by atoms with E-state index in [0.717, 1.165) is 5.56 Å². The molecule has 4 aromatic carbocycles. The Morgan fingerprint density at radius 1 is 0.638 bits per heavy atom. The van der Waals surface area contributed by atoms with Gasteiger partial charge in [0.15, 0.2) is 0 Å². The summed E-state index contributed by atoms with van der Waals surface area (Å²) in [7, 11) is 0. The lowest BCUT2D eigenvalue weighted by molar-refractivity contribution is -0.159. The molecule has 47 heavy (non-hydrogen) atoms. The van der Waals surface area contributed by atoms with E-state index in [1.165, 1.54) is 48.5 Å². The number of carboxylic acids is 1. The molecule has 0 aliphatic heterocycles. The topological polar surface area (TPSA) is 177 Å². The molecule has 0 saturated heterocycles. The third-order valence-electron chi connectivity index (χ3n) is 6.69. The molecule has 0 saturated carbocycles. The number of esters is 2. The quantitative estimate of drug-likeness (QED) is 0.141. The average Bonchev–Trinajstić information content (AvgIpc) is 3.05. The number of ether oxygens (including phenoxy) is 2. The highest BCUT2D eigenvalue weighted by molar-refractivity contribution is 5.99. The summed E-state index contributed by atoms with van der Waals surface area (Å²) in [6.45, 7) is 3.43. The van der Waals surface area contributed by atoms with E-state index >= 15 is 0 Å². The number of hydrazine groups is 1. The lowest BCUT2D eigenvalue weighted by atomic mass is 10.1. The Labute approximate surface area is 269 Å². The molecular formula is C35H31N3O9. The Morgan fingerprint density at radius 2 is 1.19 bits per heavy atom. The minimum absolute atomic E-state index is 0.00780. The molecule has 12 heteroatoms. The molecule has 0 radical (unpaired) electrons. The smallest absolute Gasteiger partial charge is 0.349 e. The Balaban J connectivity index is 1.46. The van der Waals surface area contributed by atoms with Crippen LogP contribution in [-0.2, 0) is 30.3 Å². The van der Waals surface area contributed by atoms with E-state index in [9.17, 15) is 33.9 Å². The molecule has 0 heterocycles. The van der Waals surface area contributed by atoms with Gasteiger partial charge in [0.05, 0.1) is 17.5 Å². The largest absolute Gasteiger partial charge is 0.478 e. The van der Waals surface area contributed by atoms with Crippen LogP contribution in [0.1, 0.15) is 47.8 Å². The van der Waals surface area contributed by atoms with Crippen LogP contribution in [0.3, 0.4) is 0 Å². The lowest BCUT2D eigenvalue weighted by Gasteiger charge is -2.23. The maximum Gasteiger partial charge on any atom is 0.349 e. The van der Waals surface area contributed by atoms with Crippen LogP contribution >= 0.6 is 0 Å². The molecule has 0 spiro atoms. The third kappa shape index (κ3) is 9.59. The van der Waals surface area contributed by atoms with Gasteiger partial charge in [0.2, 0.25) is 18.1 Å². The van der Waals surface area contributed by atoms with Crippen molar-refractivity contribution in [2.24, 2.45) is 0 Å². The van der Waals surface area contributed by atoms with Crippen molar-refractivity contribution in [1.29, 1.82) is 0 Å². The standard InChI is InChI=1S/C35H31N3O9/c1-21-8-6-12-25(18-21)34(44)46-29(30(33(42)43)47-35(45)26-13-7-9-22(2)19-26)32(41)38-37-31(40)24-14-16-27(17-15-24)36-28(39)20-23-10-4-3-5-11-23/h3-19,29-30H,20H2,1-2H3,(H,36,39)(H,37,40)(H,38,41)(H,42,43)/t29-,30-/m1/s1. The van der Waals surface area contributed by atoms with Crippen molar-refractivity contribution in [1.82, 2.24) is 10.9 Å². The molecule has 0 aromatic heterocycles. The van der Waals surface area contributed by atoms with E-state index in [2.05, 4.69) is 10.7 Å². The molecule has 4 rings (SSSR count). The van der Waals surface area contributed by atoms with Crippen molar-refractivity contribution in [3.05, 3.63) is 137 Å². The highest BCUT2D eigenvalue weighted by Gasteiger charge is 2.41. The molecule has 3 amide bonds. The number of carbonyl (C=O) groups is 6. The summed E-state index contributed by atoms with van der Waals surface area (Å²) in [6, 6.07) is 27.1. The molecular weight excluding hydrogens is 606 g/mol. The van der Waals surface area contributed by atoms with E-state index < -0.39 is 41.9 Å². The van der Waals surface area contributed by atoms with Gasteiger partial charge >= 0.3 is 17.9 Å². The molecule has 4 N–H and O–H groups in total. The number of carbonyl (C=O) groups excluding carboxylic acids is 5. The Bertz CT molecular complexity index is 1790. The molecule has 0 unspecified atom stereocenters. The number of rotatable bonds is 11. The fourth-order valence-corrected chi connectivity index (χ4v) is 4.36. The van der Waals surface area contributed by atoms with Crippen LogP contribution in [0.15, 0.2) is 103 Å². The fraction of sp³-hybridized carbons (Fsp3) is 0.143. The summed E-state index contributed by atoms with van der Waals surface area (Å²) >= 11 is 0. The zero-order valence-corrected chi connectivity index (χ0v) is 25.4. The van der Waals surface area contributed by atoms with Crippen LogP contribution in [0, 0.1) is 13.8 Å². The second-order valence-electron chi connectivity index (χ2n) is 10.5. The summed E-state index contributed by atoms with van der Waals surface area (Å²) in [5, 5.41) is 12.7. The van der Waals surface area contributed by atoms with Crippen LogP contribution in [-0.4, -0.2) is 52.9 Å². The highest BCUT2D eigenvalue weighted by Crippen LogP contribution is 2.16. The van der Waals surface area contributed by atoms with Gasteiger partial charge in [-0.25, -0.2) is 14.4 Å². The van der Waals surface area contributed by atoms with Crippen molar-refractivity contribution in [3.8, 4) is 0 Å². The number of nitrogens with one attached hydrogen (secondary N) is 3. The first-order valence-electron chi connectivity index (χ1n) is 14.3. The summed E-state index contributed by atoms with van der Waals surface area (Å²) in [4.78, 5) is 76.4. The van der Waals surface area contributed by atoms with Crippen molar-refractivity contribution < 1.29 is 43.3 Å². The lowest BCUT2D eigenvalue weighted by Crippen LogP contribution is -2.54. The van der Waals surface area contributed by atoms with Crippen LogP contribution in [0.4, 0.5) is 5.69 Å². The zero-order valence-electron chi connectivity index (χ0n) is 25.4. The van der Waals surface area contributed by atoms with Gasteiger partial charge in [0, 0.05) is 11.3 Å². The maximum absolute atomic E-state index is 13.3. The molecule has 240 valence electrons. The van der Waals surface area contributed by atoms with Crippen molar-refractivity contribution in [2.75, 3.05) is 5.32 Å². The molecule has 2 atom stereocenters. The van der Waals surface area contributed by atoms with Crippen LogP contribution in [0.5, 0.6) is 0 Å². The van der Waals surface area contributed by atoms with Gasteiger partial charge < -0.3 is 19.9 Å². The molecule has 4 aromatic rings. The van der Waals surface area contributed by atoms with Crippen LogP contribution in [0.25, 0.3) is 0 Å². The first kappa shape index (κ1) is 33.6. The van der Waals surface area contributed by atoms with E-state index in [4.69, 9.17) is 9.47 Å². The second kappa shape index (κ2) is 15.6. The maximum atomic E-state index is 13.3. The van der Waals surface area contributed by atoms with Gasteiger partial charge in [0.1, 0.15) is 0 Å². The summed E-state index contributed by atoms with van der Waals surface area (Å²) in [6.07, 6.45) is -4.34. The van der Waals surface area contributed by atoms with Gasteiger partial charge in [-0.2, -0.15) is 0 Å². The average molecular weight is 638 g/mol. The normalized spacial score (nSPS) is 11.7. The summed E-state index contributed by atoms with van der Waals surface area (Å²) in [5.74, 6) is -6.28. The van der Waals surface area contributed by atoms with E-state index in [1.807, 2.05) is 35.8 Å². The monoisotopic (exact) mass is 637 g/mol. The van der Waals surface area contributed by atoms with Gasteiger partial charge in [0.25, 0.3) is 11.8 Å². The van der Waals surface area contributed by atoms with E-state index in [0.29, 0.717) is 16.8 Å². The molecule has 0 aliphatic rings. The van der Waals surface area contributed by atoms with Crippen molar-refractivity contribution in [3.63, 3.8) is 0 Å². The van der Waals surface area contributed by atoms with Gasteiger partial charge in [-0.3, -0.25) is 25.2 Å². The van der Waals surface area contributed by atoms with Gasteiger partial charge in [-0.15, -0.1) is 0 Å². The van der Waals surface area contributed by atoms with Gasteiger partial charge in [-0.1, -0.05) is 65.7 Å². The van der Waals surface area contributed by atoms with E-state index in [1.54, 1.807) is 38.1 Å². The predicted molar refractivity (Wildman–Crippen MR) is 169 cm³/mol. The van der Waals surface area contributed by atoms with Crippen LogP contribution in [0.2, 0.25) is 0 Å². The van der Waals surface area contributed by atoms with Crippen molar-refractivity contribution >= 4 is 41.3 Å². The SMILES string of the molecule is Cc1cccc(C(=O)O[C@@H](C(=O)O)[C@@H](OC(=O)c2cccc(C)c2)C(=O)NNC(=O)c2ccc(NC(=O)Cc3ccccc3)cc2)c1. The molecule has 0 aliphatic carbocycles. The number of anilines is 1. The Hall–Kier alpha value is -6.30. The summed E-state index contributed by atoms with van der Waals surface area (Å²) < 4.78 is 10.4. The molecule has 0 bridgehead atoms. The number of benzene rings is 4. The minimum atomic E-state index is -2.28. The number of aryl methyl sites for hydroxylation is 2. The number of hydrogen-bond acceptors (Lipinski definition) is 8. The highest BCUT2D eigenvalue weighted by atomic mass is 16.6. The molecule has 0 fully saturated rings. The minimum Gasteiger partial charge on any atom is -0.478 e.